The Morgan fingerprint density at radius 1 is 0.957 bits per heavy atom. The predicted molar refractivity (Wildman–Crippen MR) is 97.9 cm³/mol. The summed E-state index contributed by atoms with van der Waals surface area (Å²) in [6.07, 6.45) is 4.82. The van der Waals surface area contributed by atoms with Gasteiger partial charge in [0, 0.05) is 17.2 Å². The van der Waals surface area contributed by atoms with Gasteiger partial charge in [-0.25, -0.2) is 0 Å². The zero-order valence-electron chi connectivity index (χ0n) is 12.9. The molecule has 0 radical (unpaired) electrons. The van der Waals surface area contributed by atoms with Crippen molar-refractivity contribution in [2.75, 3.05) is 5.32 Å². The smallest absolute Gasteiger partial charge is 0.195 e. The average molecular weight is 324 g/mol. The molecule has 2 aromatic carbocycles. The minimum Gasteiger partial charge on any atom is -0.360 e. The van der Waals surface area contributed by atoms with Gasteiger partial charge < -0.3 is 10.6 Å². The molecule has 1 saturated carbocycles. The van der Waals surface area contributed by atoms with E-state index in [9.17, 15) is 4.79 Å². The highest BCUT2D eigenvalue weighted by Gasteiger charge is 2.17. The molecule has 0 unspecified atom stereocenters. The molecule has 2 N–H and O–H groups in total. The largest absolute Gasteiger partial charge is 0.360 e. The van der Waals surface area contributed by atoms with E-state index in [4.69, 9.17) is 12.2 Å². The summed E-state index contributed by atoms with van der Waals surface area (Å²) in [5.74, 6) is -0.00244. The van der Waals surface area contributed by atoms with E-state index in [0.717, 1.165) is 18.5 Å². The van der Waals surface area contributed by atoms with E-state index in [1.165, 1.54) is 12.8 Å². The molecule has 0 amide bonds. The first-order chi connectivity index (χ1) is 11.2. The van der Waals surface area contributed by atoms with Gasteiger partial charge in [0.25, 0.3) is 0 Å². The third-order valence-corrected chi connectivity index (χ3v) is 4.37. The number of carbonyl (C=O) groups excluding carboxylic acids is 1. The van der Waals surface area contributed by atoms with Crippen LogP contribution in [0.4, 0.5) is 5.69 Å². The third-order valence-electron chi connectivity index (χ3n) is 4.15. The van der Waals surface area contributed by atoms with Crippen LogP contribution in [0.5, 0.6) is 0 Å². The molecule has 0 spiro atoms. The van der Waals surface area contributed by atoms with Crippen molar-refractivity contribution in [1.82, 2.24) is 5.32 Å². The Morgan fingerprint density at radius 2 is 1.61 bits per heavy atom. The molecule has 0 aromatic heterocycles. The number of benzene rings is 2. The zero-order valence-corrected chi connectivity index (χ0v) is 13.7. The van der Waals surface area contributed by atoms with E-state index < -0.39 is 0 Å². The fourth-order valence-electron chi connectivity index (χ4n) is 2.95. The molecule has 1 aliphatic carbocycles. The Morgan fingerprint density at radius 3 is 2.35 bits per heavy atom. The third kappa shape index (κ3) is 3.96. The Labute approximate surface area is 142 Å². The van der Waals surface area contributed by atoms with Gasteiger partial charge in [0.05, 0.1) is 5.69 Å². The molecule has 0 aliphatic heterocycles. The minimum absolute atomic E-state index is 0.00244. The molecule has 118 valence electrons. The first kappa shape index (κ1) is 15.7. The van der Waals surface area contributed by atoms with E-state index in [1.54, 1.807) is 0 Å². The van der Waals surface area contributed by atoms with Crippen molar-refractivity contribution in [3.05, 3.63) is 65.7 Å². The molecule has 1 aliphatic rings. The van der Waals surface area contributed by atoms with Crippen LogP contribution in [0.1, 0.15) is 41.6 Å². The van der Waals surface area contributed by atoms with Crippen LogP contribution in [0.15, 0.2) is 54.6 Å². The van der Waals surface area contributed by atoms with Gasteiger partial charge in [-0.15, -0.1) is 0 Å². The van der Waals surface area contributed by atoms with Crippen LogP contribution in [0.25, 0.3) is 0 Å². The van der Waals surface area contributed by atoms with Crippen LogP contribution >= 0.6 is 12.2 Å². The summed E-state index contributed by atoms with van der Waals surface area (Å²) in [5.41, 5.74) is 2.06. The number of anilines is 1. The van der Waals surface area contributed by atoms with Crippen LogP contribution in [0.2, 0.25) is 0 Å². The number of thiocarbonyl (C=S) groups is 1. The van der Waals surface area contributed by atoms with Crippen LogP contribution in [-0.2, 0) is 0 Å². The molecule has 0 heterocycles. The highest BCUT2D eigenvalue weighted by atomic mass is 32.1. The summed E-state index contributed by atoms with van der Waals surface area (Å²) in [6, 6.07) is 17.2. The number of nitrogens with one attached hydrogen (secondary N) is 2. The topological polar surface area (TPSA) is 41.1 Å². The fourth-order valence-corrected chi connectivity index (χ4v) is 3.23. The molecular formula is C19H20N2OS. The van der Waals surface area contributed by atoms with Crippen LogP contribution in [-0.4, -0.2) is 16.9 Å². The van der Waals surface area contributed by atoms with E-state index in [2.05, 4.69) is 10.6 Å². The maximum absolute atomic E-state index is 12.7. The first-order valence-electron chi connectivity index (χ1n) is 8.00. The van der Waals surface area contributed by atoms with Crippen LogP contribution in [0.3, 0.4) is 0 Å². The van der Waals surface area contributed by atoms with Crippen molar-refractivity contribution in [2.45, 2.75) is 31.7 Å². The second-order valence-electron chi connectivity index (χ2n) is 5.82. The van der Waals surface area contributed by atoms with Crippen molar-refractivity contribution < 1.29 is 4.79 Å². The standard InChI is InChI=1S/C19H20N2OS/c22-18(14-8-2-1-3-9-14)16-12-6-7-13-17(16)21-19(23)20-15-10-4-5-11-15/h1-3,6-9,12-13,15H,4-5,10-11H2,(H2,20,21,23). The number of hydrogen-bond donors (Lipinski definition) is 2. The van der Waals surface area contributed by atoms with Gasteiger partial charge in [-0.3, -0.25) is 4.79 Å². The number of rotatable bonds is 4. The lowest BCUT2D eigenvalue weighted by Crippen LogP contribution is -2.36. The normalized spacial score (nSPS) is 14.4. The number of carbonyl (C=O) groups is 1. The Balaban J connectivity index is 1.75. The van der Waals surface area contributed by atoms with Gasteiger partial charge in [0.15, 0.2) is 10.9 Å². The Kier molecular flexibility index (Phi) is 5.03. The van der Waals surface area contributed by atoms with E-state index in [-0.39, 0.29) is 5.78 Å². The number of para-hydroxylation sites is 1. The predicted octanol–water partition coefficient (Wildman–Crippen LogP) is 4.15. The van der Waals surface area contributed by atoms with Crippen molar-refractivity contribution >= 4 is 28.8 Å². The van der Waals surface area contributed by atoms with Gasteiger partial charge in [-0.1, -0.05) is 55.3 Å². The molecule has 0 atom stereocenters. The van der Waals surface area contributed by atoms with Crippen LogP contribution in [0, 0.1) is 0 Å². The summed E-state index contributed by atoms with van der Waals surface area (Å²) < 4.78 is 0. The Bertz CT molecular complexity index is 694. The highest BCUT2D eigenvalue weighted by molar-refractivity contribution is 7.80. The molecule has 0 saturated heterocycles. The number of hydrogen-bond acceptors (Lipinski definition) is 2. The average Bonchev–Trinajstić information content (AvgIpc) is 3.08. The summed E-state index contributed by atoms with van der Waals surface area (Å²) >= 11 is 5.40. The summed E-state index contributed by atoms with van der Waals surface area (Å²) in [6.45, 7) is 0. The molecule has 1 fully saturated rings. The molecule has 2 aromatic rings. The zero-order chi connectivity index (χ0) is 16.1. The summed E-state index contributed by atoms with van der Waals surface area (Å²) in [5, 5.41) is 7.12. The molecule has 3 nitrogen and oxygen atoms in total. The highest BCUT2D eigenvalue weighted by Crippen LogP contribution is 2.21. The molecule has 23 heavy (non-hydrogen) atoms. The second kappa shape index (κ2) is 7.38. The quantitative estimate of drug-likeness (QED) is 0.655. The van der Waals surface area contributed by atoms with Crippen molar-refractivity contribution in [1.29, 1.82) is 0 Å². The first-order valence-corrected chi connectivity index (χ1v) is 8.41. The monoisotopic (exact) mass is 324 g/mol. The molecule has 0 bridgehead atoms. The van der Waals surface area contributed by atoms with Gasteiger partial charge in [0.1, 0.15) is 0 Å². The van der Waals surface area contributed by atoms with Crippen LogP contribution < -0.4 is 10.6 Å². The maximum Gasteiger partial charge on any atom is 0.195 e. The number of ketones is 1. The van der Waals surface area contributed by atoms with E-state index in [0.29, 0.717) is 22.3 Å². The van der Waals surface area contributed by atoms with E-state index in [1.807, 2.05) is 54.6 Å². The molecular weight excluding hydrogens is 304 g/mol. The maximum atomic E-state index is 12.7. The summed E-state index contributed by atoms with van der Waals surface area (Å²) in [4.78, 5) is 12.7. The van der Waals surface area contributed by atoms with Gasteiger partial charge in [-0.05, 0) is 37.2 Å². The summed E-state index contributed by atoms with van der Waals surface area (Å²) in [7, 11) is 0. The Hall–Kier alpha value is -2.20. The van der Waals surface area contributed by atoms with Crippen molar-refractivity contribution in [2.24, 2.45) is 0 Å². The second-order valence-corrected chi connectivity index (χ2v) is 6.23. The van der Waals surface area contributed by atoms with Gasteiger partial charge in [0.2, 0.25) is 0 Å². The molecule has 3 rings (SSSR count). The van der Waals surface area contributed by atoms with Crippen molar-refractivity contribution in [3.8, 4) is 0 Å². The molecule has 4 heteroatoms. The van der Waals surface area contributed by atoms with Crippen molar-refractivity contribution in [3.63, 3.8) is 0 Å². The SMILES string of the molecule is O=C(c1ccccc1)c1ccccc1NC(=S)NC1CCCC1. The fraction of sp³-hybridized carbons (Fsp3) is 0.263. The lowest BCUT2D eigenvalue weighted by molar-refractivity contribution is 0.103. The lowest BCUT2D eigenvalue weighted by Gasteiger charge is -2.17. The lowest BCUT2D eigenvalue weighted by atomic mass is 10.0. The van der Waals surface area contributed by atoms with Gasteiger partial charge >= 0.3 is 0 Å². The van der Waals surface area contributed by atoms with Gasteiger partial charge in [-0.2, -0.15) is 0 Å². The minimum atomic E-state index is -0.00244. The van der Waals surface area contributed by atoms with E-state index >= 15 is 0 Å².